The summed E-state index contributed by atoms with van der Waals surface area (Å²) in [6.07, 6.45) is 1.85. The van der Waals surface area contributed by atoms with E-state index in [4.69, 9.17) is 5.11 Å². The van der Waals surface area contributed by atoms with Crippen molar-refractivity contribution in [1.29, 1.82) is 0 Å². The molecular formula is C16H23NO3. The number of amides is 1. The van der Waals surface area contributed by atoms with E-state index in [-0.39, 0.29) is 12.5 Å². The van der Waals surface area contributed by atoms with Crippen LogP contribution in [0.5, 0.6) is 0 Å². The fourth-order valence-electron chi connectivity index (χ4n) is 2.02. The molecule has 4 heteroatoms. The molecule has 0 aliphatic carbocycles. The van der Waals surface area contributed by atoms with Gasteiger partial charge in [0.25, 0.3) is 5.91 Å². The molecule has 110 valence electrons. The first-order valence-corrected chi connectivity index (χ1v) is 7.05. The van der Waals surface area contributed by atoms with Gasteiger partial charge in [-0.3, -0.25) is 9.59 Å². The maximum atomic E-state index is 12.6. The van der Waals surface area contributed by atoms with Crippen LogP contribution in [0.3, 0.4) is 0 Å². The lowest BCUT2D eigenvalue weighted by molar-refractivity contribution is -0.141. The van der Waals surface area contributed by atoms with Crippen LogP contribution in [0, 0.1) is 12.8 Å². The number of hydrogen-bond acceptors (Lipinski definition) is 2. The summed E-state index contributed by atoms with van der Waals surface area (Å²) in [5, 5.41) is 9.03. The van der Waals surface area contributed by atoms with Gasteiger partial charge in [-0.05, 0) is 25.0 Å². The van der Waals surface area contributed by atoms with Crippen LogP contribution >= 0.6 is 0 Å². The highest BCUT2D eigenvalue weighted by atomic mass is 16.4. The maximum absolute atomic E-state index is 12.6. The number of carbonyl (C=O) groups is 2. The predicted molar refractivity (Wildman–Crippen MR) is 78.8 cm³/mol. The minimum atomic E-state index is -0.871. The molecule has 0 heterocycles. The van der Waals surface area contributed by atoms with Gasteiger partial charge in [0.15, 0.2) is 0 Å². The first-order chi connectivity index (χ1) is 9.47. The van der Waals surface area contributed by atoms with E-state index in [1.165, 1.54) is 0 Å². The van der Waals surface area contributed by atoms with Gasteiger partial charge in [0, 0.05) is 18.7 Å². The molecule has 0 radical (unpaired) electrons. The Balaban J connectivity index is 2.89. The molecule has 1 unspecified atom stereocenters. The van der Waals surface area contributed by atoms with Crippen molar-refractivity contribution in [3.63, 3.8) is 0 Å². The van der Waals surface area contributed by atoms with Crippen molar-refractivity contribution < 1.29 is 14.7 Å². The fraction of sp³-hybridized carbons (Fsp3) is 0.500. The molecule has 0 aliphatic heterocycles. The van der Waals surface area contributed by atoms with Crippen LogP contribution in [0.2, 0.25) is 0 Å². The van der Waals surface area contributed by atoms with E-state index in [9.17, 15) is 9.59 Å². The average Bonchev–Trinajstić information content (AvgIpc) is 2.42. The number of nitrogens with zero attached hydrogens (tertiary/aromatic N) is 1. The summed E-state index contributed by atoms with van der Waals surface area (Å²) in [4.78, 5) is 25.2. The molecule has 1 rings (SSSR count). The van der Waals surface area contributed by atoms with Crippen molar-refractivity contribution in [1.82, 2.24) is 4.90 Å². The number of aryl methyl sites for hydroxylation is 1. The molecule has 1 aromatic rings. The summed E-state index contributed by atoms with van der Waals surface area (Å²) >= 11 is 0. The Morgan fingerprint density at radius 3 is 2.50 bits per heavy atom. The van der Waals surface area contributed by atoms with E-state index in [0.29, 0.717) is 12.1 Å². The van der Waals surface area contributed by atoms with Crippen molar-refractivity contribution in [3.05, 3.63) is 35.4 Å². The average molecular weight is 277 g/mol. The van der Waals surface area contributed by atoms with Crippen molar-refractivity contribution in [3.8, 4) is 0 Å². The van der Waals surface area contributed by atoms with Crippen LogP contribution in [0.4, 0.5) is 0 Å². The number of unbranched alkanes of at least 4 members (excludes halogenated alkanes) is 1. The van der Waals surface area contributed by atoms with Crippen molar-refractivity contribution in [2.45, 2.75) is 33.6 Å². The molecule has 0 saturated heterocycles. The lowest BCUT2D eigenvalue weighted by atomic mass is 10.1. The summed E-state index contributed by atoms with van der Waals surface area (Å²) in [5.74, 6) is -1.51. The molecule has 0 saturated carbocycles. The molecule has 0 bridgehead atoms. The van der Waals surface area contributed by atoms with Crippen LogP contribution in [0.25, 0.3) is 0 Å². The Hall–Kier alpha value is -1.84. The Labute approximate surface area is 120 Å². The van der Waals surface area contributed by atoms with Gasteiger partial charge in [-0.25, -0.2) is 0 Å². The van der Waals surface area contributed by atoms with Gasteiger partial charge in [0.2, 0.25) is 0 Å². The normalized spacial score (nSPS) is 11.9. The highest BCUT2D eigenvalue weighted by Gasteiger charge is 2.22. The topological polar surface area (TPSA) is 57.6 Å². The second-order valence-electron chi connectivity index (χ2n) is 5.16. The zero-order valence-corrected chi connectivity index (χ0v) is 12.4. The van der Waals surface area contributed by atoms with Crippen LogP contribution in [0.1, 0.15) is 42.6 Å². The number of aliphatic carboxylic acids is 1. The molecule has 1 N–H and O–H groups in total. The Morgan fingerprint density at radius 2 is 1.95 bits per heavy atom. The van der Waals surface area contributed by atoms with E-state index < -0.39 is 11.9 Å². The predicted octanol–water partition coefficient (Wildman–Crippen LogP) is 2.96. The van der Waals surface area contributed by atoms with Gasteiger partial charge in [0.05, 0.1) is 5.92 Å². The highest BCUT2D eigenvalue weighted by molar-refractivity contribution is 5.95. The monoisotopic (exact) mass is 277 g/mol. The Morgan fingerprint density at radius 1 is 1.30 bits per heavy atom. The zero-order chi connectivity index (χ0) is 15.1. The summed E-state index contributed by atoms with van der Waals surface area (Å²) in [5.41, 5.74) is 1.57. The number of benzene rings is 1. The molecule has 0 fully saturated rings. The molecular weight excluding hydrogens is 254 g/mol. The number of carbonyl (C=O) groups excluding carboxylic acids is 1. The Bertz CT molecular complexity index is 471. The second-order valence-corrected chi connectivity index (χ2v) is 5.16. The van der Waals surface area contributed by atoms with E-state index in [1.54, 1.807) is 17.9 Å². The number of rotatable bonds is 7. The quantitative estimate of drug-likeness (QED) is 0.833. The minimum Gasteiger partial charge on any atom is -0.481 e. The van der Waals surface area contributed by atoms with Gasteiger partial charge in [0.1, 0.15) is 0 Å². The molecule has 0 aromatic heterocycles. The molecule has 1 atom stereocenters. The molecule has 20 heavy (non-hydrogen) atoms. The van der Waals surface area contributed by atoms with Crippen LogP contribution in [-0.2, 0) is 4.79 Å². The van der Waals surface area contributed by atoms with E-state index in [1.807, 2.05) is 25.1 Å². The van der Waals surface area contributed by atoms with Crippen molar-refractivity contribution >= 4 is 11.9 Å². The lowest BCUT2D eigenvalue weighted by Crippen LogP contribution is -2.38. The largest absolute Gasteiger partial charge is 0.481 e. The minimum absolute atomic E-state index is 0.0790. The number of hydrogen-bond donors (Lipinski definition) is 1. The Kier molecular flexibility index (Phi) is 6.22. The third-order valence-corrected chi connectivity index (χ3v) is 3.36. The molecule has 0 spiro atoms. The summed E-state index contributed by atoms with van der Waals surface area (Å²) in [7, 11) is 0. The standard InChI is InChI=1S/C16H23NO3/c1-4-5-10-17(11-13(3)16(19)20)15(18)14-9-7-6-8-12(14)2/h6-9,13H,4-5,10-11H2,1-3H3,(H,19,20). The highest BCUT2D eigenvalue weighted by Crippen LogP contribution is 2.13. The number of carboxylic acid groups (broad SMARTS) is 1. The van der Waals surface area contributed by atoms with E-state index in [2.05, 4.69) is 6.92 Å². The first-order valence-electron chi connectivity index (χ1n) is 7.05. The summed E-state index contributed by atoms with van der Waals surface area (Å²) < 4.78 is 0. The second kappa shape index (κ2) is 7.68. The van der Waals surface area contributed by atoms with Gasteiger partial charge in [-0.15, -0.1) is 0 Å². The summed E-state index contributed by atoms with van der Waals surface area (Å²) in [6, 6.07) is 7.41. The fourth-order valence-corrected chi connectivity index (χ4v) is 2.02. The third-order valence-electron chi connectivity index (χ3n) is 3.36. The molecule has 4 nitrogen and oxygen atoms in total. The SMILES string of the molecule is CCCCN(CC(C)C(=O)O)C(=O)c1ccccc1C. The molecule has 1 amide bonds. The van der Waals surface area contributed by atoms with Crippen molar-refractivity contribution in [2.24, 2.45) is 5.92 Å². The first kappa shape index (κ1) is 16.2. The maximum Gasteiger partial charge on any atom is 0.308 e. The summed E-state index contributed by atoms with van der Waals surface area (Å²) in [6.45, 7) is 6.43. The van der Waals surface area contributed by atoms with Gasteiger partial charge >= 0.3 is 5.97 Å². The van der Waals surface area contributed by atoms with E-state index in [0.717, 1.165) is 18.4 Å². The number of carboxylic acids is 1. The van der Waals surface area contributed by atoms with Crippen LogP contribution in [0.15, 0.2) is 24.3 Å². The lowest BCUT2D eigenvalue weighted by Gasteiger charge is -2.25. The smallest absolute Gasteiger partial charge is 0.308 e. The van der Waals surface area contributed by atoms with Crippen LogP contribution < -0.4 is 0 Å². The molecule has 0 aliphatic rings. The van der Waals surface area contributed by atoms with Crippen LogP contribution in [-0.4, -0.2) is 35.0 Å². The van der Waals surface area contributed by atoms with Gasteiger partial charge < -0.3 is 10.0 Å². The molecule has 1 aromatic carbocycles. The van der Waals surface area contributed by atoms with E-state index >= 15 is 0 Å². The van der Waals surface area contributed by atoms with Gasteiger partial charge in [-0.1, -0.05) is 38.5 Å². The van der Waals surface area contributed by atoms with Gasteiger partial charge in [-0.2, -0.15) is 0 Å². The zero-order valence-electron chi connectivity index (χ0n) is 12.4. The van der Waals surface area contributed by atoms with Crippen molar-refractivity contribution in [2.75, 3.05) is 13.1 Å². The third kappa shape index (κ3) is 4.37.